The lowest BCUT2D eigenvalue weighted by molar-refractivity contribution is 0.0758. The summed E-state index contributed by atoms with van der Waals surface area (Å²) in [6.45, 7) is 1.03. The first kappa shape index (κ1) is 17.0. The molecule has 3 N–H and O–H groups in total. The molecule has 0 unspecified atom stereocenters. The van der Waals surface area contributed by atoms with Gasteiger partial charge < -0.3 is 15.5 Å². The van der Waals surface area contributed by atoms with Gasteiger partial charge >= 0.3 is 0 Å². The Morgan fingerprint density at radius 2 is 1.56 bits per heavy atom. The molecule has 0 heterocycles. The summed E-state index contributed by atoms with van der Waals surface area (Å²) in [5.41, 5.74) is 1.28. The van der Waals surface area contributed by atoms with Gasteiger partial charge in [0.25, 0.3) is 5.91 Å². The van der Waals surface area contributed by atoms with Crippen molar-refractivity contribution in [3.05, 3.63) is 70.3 Å². The monoisotopic (exact) mass is 339 g/mol. The van der Waals surface area contributed by atoms with Crippen molar-refractivity contribution in [3.63, 3.8) is 0 Å². The minimum atomic E-state index is -0.929. The standard InChI is InChI=1S/C19H17NO5/c1-10(22)16(9-21)20-19(25)11-6-7-14-15(8-11)18(24)13-5-3-2-4-12(13)17(14)23/h2-8,10,16,21-22H,9H2,1H3,(H,20,25)/t10-,16-/m0/s1. The van der Waals surface area contributed by atoms with Crippen LogP contribution in [-0.2, 0) is 0 Å². The predicted molar refractivity (Wildman–Crippen MR) is 89.8 cm³/mol. The van der Waals surface area contributed by atoms with Crippen molar-refractivity contribution < 1.29 is 24.6 Å². The van der Waals surface area contributed by atoms with Crippen molar-refractivity contribution in [2.24, 2.45) is 0 Å². The molecule has 128 valence electrons. The Morgan fingerprint density at radius 3 is 2.12 bits per heavy atom. The fourth-order valence-corrected chi connectivity index (χ4v) is 2.81. The number of benzene rings is 2. The molecule has 0 fully saturated rings. The van der Waals surface area contributed by atoms with Crippen LogP contribution in [0.1, 0.15) is 49.1 Å². The highest BCUT2D eigenvalue weighted by atomic mass is 16.3. The quantitative estimate of drug-likeness (QED) is 0.656. The number of rotatable bonds is 4. The summed E-state index contributed by atoms with van der Waals surface area (Å²) in [4.78, 5) is 37.5. The molecule has 0 saturated carbocycles. The molecular formula is C19H17NO5. The first-order chi connectivity index (χ1) is 11.9. The Bertz CT molecular complexity index is 872. The third kappa shape index (κ3) is 2.97. The molecule has 0 radical (unpaired) electrons. The lowest BCUT2D eigenvalue weighted by Gasteiger charge is -2.20. The number of hydrogen-bond donors (Lipinski definition) is 3. The lowest BCUT2D eigenvalue weighted by Crippen LogP contribution is -2.44. The summed E-state index contributed by atoms with van der Waals surface area (Å²) < 4.78 is 0. The number of carbonyl (C=O) groups excluding carboxylic acids is 3. The van der Waals surface area contributed by atoms with E-state index in [4.69, 9.17) is 0 Å². The van der Waals surface area contributed by atoms with Gasteiger partial charge in [0.05, 0.1) is 18.8 Å². The second kappa shape index (κ2) is 6.58. The molecular weight excluding hydrogens is 322 g/mol. The second-order valence-electron chi connectivity index (χ2n) is 5.97. The molecule has 0 bridgehead atoms. The maximum atomic E-state index is 12.7. The number of hydrogen-bond acceptors (Lipinski definition) is 5. The summed E-state index contributed by atoms with van der Waals surface area (Å²) in [6, 6.07) is 10.0. The molecule has 0 spiro atoms. The molecule has 6 nitrogen and oxygen atoms in total. The third-order valence-corrected chi connectivity index (χ3v) is 4.28. The van der Waals surface area contributed by atoms with E-state index in [9.17, 15) is 24.6 Å². The fraction of sp³-hybridized carbons (Fsp3) is 0.211. The van der Waals surface area contributed by atoms with Gasteiger partial charge in [0.1, 0.15) is 0 Å². The van der Waals surface area contributed by atoms with Crippen LogP contribution in [0.4, 0.5) is 0 Å². The molecule has 3 rings (SSSR count). The number of nitrogens with one attached hydrogen (secondary N) is 1. The zero-order valence-electron chi connectivity index (χ0n) is 13.5. The Balaban J connectivity index is 1.96. The van der Waals surface area contributed by atoms with E-state index >= 15 is 0 Å². The van der Waals surface area contributed by atoms with E-state index in [1.54, 1.807) is 24.3 Å². The van der Waals surface area contributed by atoms with Gasteiger partial charge in [0.15, 0.2) is 11.6 Å². The van der Waals surface area contributed by atoms with Crippen molar-refractivity contribution in [2.75, 3.05) is 6.61 Å². The van der Waals surface area contributed by atoms with E-state index in [1.165, 1.54) is 25.1 Å². The smallest absolute Gasteiger partial charge is 0.251 e. The van der Waals surface area contributed by atoms with Crippen LogP contribution in [0.15, 0.2) is 42.5 Å². The maximum Gasteiger partial charge on any atom is 0.251 e. The van der Waals surface area contributed by atoms with Gasteiger partial charge in [0.2, 0.25) is 0 Å². The Kier molecular flexibility index (Phi) is 4.48. The van der Waals surface area contributed by atoms with E-state index in [2.05, 4.69) is 5.32 Å². The van der Waals surface area contributed by atoms with E-state index in [0.29, 0.717) is 11.1 Å². The minimum absolute atomic E-state index is 0.175. The van der Waals surface area contributed by atoms with E-state index in [-0.39, 0.29) is 28.3 Å². The maximum absolute atomic E-state index is 12.7. The van der Waals surface area contributed by atoms with Gasteiger partial charge in [-0.1, -0.05) is 24.3 Å². The first-order valence-corrected chi connectivity index (χ1v) is 7.86. The molecule has 0 aromatic heterocycles. The van der Waals surface area contributed by atoms with Crippen molar-refractivity contribution in [1.29, 1.82) is 0 Å². The summed E-state index contributed by atoms with van der Waals surface area (Å²) in [7, 11) is 0. The third-order valence-electron chi connectivity index (χ3n) is 4.28. The van der Waals surface area contributed by atoms with Gasteiger partial charge in [0, 0.05) is 27.8 Å². The van der Waals surface area contributed by atoms with Gasteiger partial charge in [-0.15, -0.1) is 0 Å². The number of aliphatic hydroxyl groups excluding tert-OH is 2. The van der Waals surface area contributed by atoms with Crippen LogP contribution in [0.3, 0.4) is 0 Å². The van der Waals surface area contributed by atoms with Crippen LogP contribution in [0.5, 0.6) is 0 Å². The summed E-state index contributed by atoms with van der Waals surface area (Å²) in [6.07, 6.45) is -0.929. The molecule has 1 aliphatic carbocycles. The van der Waals surface area contributed by atoms with E-state index in [1.807, 2.05) is 0 Å². The number of fused-ring (bicyclic) bond motifs is 2. The fourth-order valence-electron chi connectivity index (χ4n) is 2.81. The van der Waals surface area contributed by atoms with E-state index in [0.717, 1.165) is 0 Å². The van der Waals surface area contributed by atoms with Gasteiger partial charge in [-0.05, 0) is 25.1 Å². The zero-order chi connectivity index (χ0) is 18.1. The molecule has 2 aromatic carbocycles. The van der Waals surface area contributed by atoms with Gasteiger partial charge in [-0.25, -0.2) is 0 Å². The molecule has 2 atom stereocenters. The number of ketones is 2. The zero-order valence-corrected chi connectivity index (χ0v) is 13.5. The average molecular weight is 339 g/mol. The average Bonchev–Trinajstić information content (AvgIpc) is 2.63. The first-order valence-electron chi connectivity index (χ1n) is 7.86. The summed E-state index contributed by atoms with van der Waals surface area (Å²) >= 11 is 0. The van der Waals surface area contributed by atoms with Gasteiger partial charge in [-0.2, -0.15) is 0 Å². The molecule has 6 heteroatoms. The van der Waals surface area contributed by atoms with Crippen LogP contribution in [-0.4, -0.2) is 46.4 Å². The van der Waals surface area contributed by atoms with Crippen molar-refractivity contribution in [2.45, 2.75) is 19.1 Å². The number of aliphatic hydroxyl groups is 2. The van der Waals surface area contributed by atoms with Crippen LogP contribution >= 0.6 is 0 Å². The number of amides is 1. The number of carbonyl (C=O) groups is 3. The Labute approximate surface area is 144 Å². The molecule has 0 aliphatic heterocycles. The largest absolute Gasteiger partial charge is 0.394 e. The molecule has 25 heavy (non-hydrogen) atoms. The lowest BCUT2D eigenvalue weighted by atomic mass is 9.83. The van der Waals surface area contributed by atoms with E-state index < -0.39 is 24.7 Å². The highest BCUT2D eigenvalue weighted by Gasteiger charge is 2.30. The molecule has 2 aromatic rings. The molecule has 0 saturated heterocycles. The highest BCUT2D eigenvalue weighted by Crippen LogP contribution is 2.27. The van der Waals surface area contributed by atoms with Crippen molar-refractivity contribution in [3.8, 4) is 0 Å². The van der Waals surface area contributed by atoms with Crippen molar-refractivity contribution >= 4 is 17.5 Å². The molecule has 1 aliphatic rings. The molecule has 1 amide bonds. The predicted octanol–water partition coefficient (Wildman–Crippen LogP) is 0.933. The SMILES string of the molecule is C[C@H](O)[C@H](CO)NC(=O)c1ccc2c(c1)C(=O)c1ccccc1C2=O. The van der Waals surface area contributed by atoms with Crippen molar-refractivity contribution in [1.82, 2.24) is 5.32 Å². The minimum Gasteiger partial charge on any atom is -0.394 e. The van der Waals surface area contributed by atoms with Crippen LogP contribution in [0.25, 0.3) is 0 Å². The van der Waals surface area contributed by atoms with Gasteiger partial charge in [-0.3, -0.25) is 14.4 Å². The Hall–Kier alpha value is -2.83. The highest BCUT2D eigenvalue weighted by molar-refractivity contribution is 6.28. The van der Waals surface area contributed by atoms with Crippen LogP contribution in [0, 0.1) is 0 Å². The normalized spacial score (nSPS) is 15.2. The topological polar surface area (TPSA) is 104 Å². The second-order valence-corrected chi connectivity index (χ2v) is 5.97. The van der Waals surface area contributed by atoms with Crippen LogP contribution in [0.2, 0.25) is 0 Å². The Morgan fingerprint density at radius 1 is 1.00 bits per heavy atom. The summed E-state index contributed by atoms with van der Waals surface area (Å²) in [5.74, 6) is -1.11. The van der Waals surface area contributed by atoms with Crippen LogP contribution < -0.4 is 5.32 Å². The summed E-state index contributed by atoms with van der Waals surface area (Å²) in [5, 5.41) is 21.2.